The van der Waals surface area contributed by atoms with E-state index in [4.69, 9.17) is 9.98 Å². The fourth-order valence-corrected chi connectivity index (χ4v) is 6.89. The highest BCUT2D eigenvalue weighted by atomic mass is 16.3. The Bertz CT molecular complexity index is 1090. The van der Waals surface area contributed by atoms with Crippen LogP contribution in [0.15, 0.2) is 34.3 Å². The molecule has 2 unspecified atom stereocenters. The van der Waals surface area contributed by atoms with Crippen LogP contribution in [-0.4, -0.2) is 34.7 Å². The maximum absolute atomic E-state index is 11.0. The first kappa shape index (κ1) is 35.9. The van der Waals surface area contributed by atoms with Gasteiger partial charge in [-0.1, -0.05) is 104 Å². The molecule has 2 atom stereocenters. The van der Waals surface area contributed by atoms with Crippen LogP contribution in [0.4, 0.5) is 0 Å². The number of rotatable bonds is 18. The lowest BCUT2D eigenvalue weighted by Gasteiger charge is -2.26. The van der Waals surface area contributed by atoms with Gasteiger partial charge in [0.2, 0.25) is 0 Å². The summed E-state index contributed by atoms with van der Waals surface area (Å²) in [4.78, 5) is 10.1. The monoisotopic (exact) mass is 602 g/mol. The number of aromatic hydroxyl groups is 2. The van der Waals surface area contributed by atoms with Crippen molar-refractivity contribution in [1.29, 1.82) is 0 Å². The molecule has 3 rings (SSSR count). The van der Waals surface area contributed by atoms with E-state index in [1.807, 2.05) is 26.3 Å². The van der Waals surface area contributed by atoms with Gasteiger partial charge in [0, 0.05) is 23.6 Å². The van der Waals surface area contributed by atoms with E-state index < -0.39 is 0 Å². The van der Waals surface area contributed by atoms with Gasteiger partial charge >= 0.3 is 0 Å². The topological polar surface area (TPSA) is 65.2 Å². The summed E-state index contributed by atoms with van der Waals surface area (Å²) >= 11 is 0. The molecule has 1 saturated carbocycles. The van der Waals surface area contributed by atoms with Gasteiger partial charge in [-0.25, -0.2) is 0 Å². The molecule has 0 saturated heterocycles. The van der Waals surface area contributed by atoms with Crippen molar-refractivity contribution >= 4 is 12.4 Å². The molecule has 1 aliphatic carbocycles. The molecule has 0 radical (unpaired) electrons. The molecule has 244 valence electrons. The van der Waals surface area contributed by atoms with Crippen molar-refractivity contribution in [3.05, 3.63) is 57.6 Å². The third-order valence-electron chi connectivity index (χ3n) is 9.78. The molecule has 0 spiro atoms. The van der Waals surface area contributed by atoms with E-state index in [1.54, 1.807) is 0 Å². The summed E-state index contributed by atoms with van der Waals surface area (Å²) in [6.45, 7) is 13.1. The lowest BCUT2D eigenvalue weighted by molar-refractivity contribution is 0.390. The second kappa shape index (κ2) is 19.0. The second-order valence-corrected chi connectivity index (χ2v) is 13.5. The number of phenols is 2. The van der Waals surface area contributed by atoms with Crippen LogP contribution in [0.1, 0.15) is 176 Å². The minimum Gasteiger partial charge on any atom is -0.507 e. The highest BCUT2D eigenvalue weighted by Crippen LogP contribution is 2.35. The SMILES string of the molecule is CCCCC(CCCC)c1cc(C)c(O)c(C=NC2CCCCC2N=Cc2cc(C(CCCC)CCCC)cc(C)c2O)c1. The Labute approximate surface area is 269 Å². The predicted octanol–water partition coefficient (Wildman–Crippen LogP) is 11.5. The van der Waals surface area contributed by atoms with E-state index in [-0.39, 0.29) is 12.1 Å². The Morgan fingerprint density at radius 3 is 1.27 bits per heavy atom. The average molecular weight is 603 g/mol. The molecule has 44 heavy (non-hydrogen) atoms. The number of phenolic OH excluding ortho intramolecular Hbond substituents is 2. The smallest absolute Gasteiger partial charge is 0.127 e. The molecule has 0 heterocycles. The number of aryl methyl sites for hydroxylation is 2. The molecular formula is C40H62N2O2. The zero-order chi connectivity index (χ0) is 31.9. The number of hydrogen-bond donors (Lipinski definition) is 2. The highest BCUT2D eigenvalue weighted by molar-refractivity contribution is 5.85. The van der Waals surface area contributed by atoms with Crippen molar-refractivity contribution in [2.75, 3.05) is 0 Å². The fraction of sp³-hybridized carbons (Fsp3) is 0.650. The van der Waals surface area contributed by atoms with Gasteiger partial charge in [-0.15, -0.1) is 0 Å². The molecule has 2 aromatic rings. The van der Waals surface area contributed by atoms with Gasteiger partial charge in [-0.05, 0) is 98.6 Å². The van der Waals surface area contributed by atoms with Crippen LogP contribution in [0.5, 0.6) is 11.5 Å². The minimum atomic E-state index is 0.0765. The lowest BCUT2D eigenvalue weighted by Crippen LogP contribution is -2.27. The first-order valence-electron chi connectivity index (χ1n) is 18.1. The largest absolute Gasteiger partial charge is 0.507 e. The highest BCUT2D eigenvalue weighted by Gasteiger charge is 2.24. The van der Waals surface area contributed by atoms with Crippen LogP contribution in [0.3, 0.4) is 0 Å². The first-order chi connectivity index (χ1) is 21.3. The fourth-order valence-electron chi connectivity index (χ4n) is 6.89. The molecule has 2 N–H and O–H groups in total. The van der Waals surface area contributed by atoms with Crippen molar-refractivity contribution in [3.8, 4) is 11.5 Å². The average Bonchev–Trinajstić information content (AvgIpc) is 3.03. The molecule has 1 fully saturated rings. The summed E-state index contributed by atoms with van der Waals surface area (Å²) < 4.78 is 0. The number of hydrogen-bond acceptors (Lipinski definition) is 4. The van der Waals surface area contributed by atoms with Gasteiger partial charge in [0.05, 0.1) is 12.1 Å². The summed E-state index contributed by atoms with van der Waals surface area (Å²) in [6.07, 6.45) is 22.6. The van der Waals surface area contributed by atoms with E-state index in [1.165, 1.54) is 88.2 Å². The van der Waals surface area contributed by atoms with Crippen LogP contribution in [0.2, 0.25) is 0 Å². The number of unbranched alkanes of at least 4 members (excludes halogenated alkanes) is 4. The Balaban J connectivity index is 1.85. The minimum absolute atomic E-state index is 0.0765. The summed E-state index contributed by atoms with van der Waals surface area (Å²) in [5, 5.41) is 22.0. The number of benzene rings is 2. The van der Waals surface area contributed by atoms with Crippen molar-refractivity contribution in [1.82, 2.24) is 0 Å². The van der Waals surface area contributed by atoms with E-state index >= 15 is 0 Å². The Morgan fingerprint density at radius 2 is 0.955 bits per heavy atom. The molecule has 4 heteroatoms. The Kier molecular flexibility index (Phi) is 15.5. The van der Waals surface area contributed by atoms with Gasteiger partial charge in [-0.3, -0.25) is 9.98 Å². The second-order valence-electron chi connectivity index (χ2n) is 13.5. The van der Waals surface area contributed by atoms with Crippen molar-refractivity contribution in [2.24, 2.45) is 9.98 Å². The predicted molar refractivity (Wildman–Crippen MR) is 191 cm³/mol. The standard InChI is InChI=1S/C40H62N2O2/c1-7-11-17-31(18-12-8-2)33-23-29(5)39(43)35(25-33)27-41-37-21-15-16-22-38(37)42-28-36-26-34(24-30(6)40(36)44)32(19-13-9-3)20-14-10-4/h23-28,31-32,37-38,43-44H,7-22H2,1-6H3. The van der Waals surface area contributed by atoms with Crippen molar-refractivity contribution in [3.63, 3.8) is 0 Å². The first-order valence-corrected chi connectivity index (χ1v) is 18.1. The normalized spacial score (nSPS) is 17.5. The molecule has 0 aromatic heterocycles. The van der Waals surface area contributed by atoms with Gasteiger partial charge in [-0.2, -0.15) is 0 Å². The van der Waals surface area contributed by atoms with Crippen LogP contribution < -0.4 is 0 Å². The summed E-state index contributed by atoms with van der Waals surface area (Å²) in [5.74, 6) is 1.75. The lowest BCUT2D eigenvalue weighted by atomic mass is 9.87. The van der Waals surface area contributed by atoms with Crippen molar-refractivity contribution in [2.45, 2.75) is 168 Å². The third kappa shape index (κ3) is 10.5. The Hall–Kier alpha value is -2.62. The number of aliphatic imine (C=N–C) groups is 2. The zero-order valence-corrected chi connectivity index (χ0v) is 28.9. The molecule has 2 aromatic carbocycles. The maximum atomic E-state index is 11.0. The van der Waals surface area contributed by atoms with Gasteiger partial charge in [0.15, 0.2) is 0 Å². The quantitative estimate of drug-likeness (QED) is 0.167. The number of nitrogens with zero attached hydrogens (tertiary/aromatic N) is 2. The van der Waals surface area contributed by atoms with Gasteiger partial charge in [0.1, 0.15) is 11.5 Å². The van der Waals surface area contributed by atoms with Crippen LogP contribution in [0.25, 0.3) is 0 Å². The van der Waals surface area contributed by atoms with Gasteiger partial charge in [0.25, 0.3) is 0 Å². The van der Waals surface area contributed by atoms with Crippen molar-refractivity contribution < 1.29 is 10.2 Å². The molecule has 0 bridgehead atoms. The summed E-state index contributed by atoms with van der Waals surface area (Å²) in [7, 11) is 0. The molecule has 1 aliphatic rings. The van der Waals surface area contributed by atoms with Crippen LogP contribution >= 0.6 is 0 Å². The van der Waals surface area contributed by atoms with E-state index in [9.17, 15) is 10.2 Å². The van der Waals surface area contributed by atoms with Gasteiger partial charge < -0.3 is 10.2 Å². The van der Waals surface area contributed by atoms with Crippen LogP contribution in [0, 0.1) is 13.8 Å². The van der Waals surface area contributed by atoms with E-state index in [0.29, 0.717) is 23.3 Å². The molecule has 4 nitrogen and oxygen atoms in total. The zero-order valence-electron chi connectivity index (χ0n) is 28.9. The third-order valence-corrected chi connectivity index (χ3v) is 9.78. The molecular weight excluding hydrogens is 540 g/mol. The molecule has 0 amide bonds. The van der Waals surface area contributed by atoms with E-state index in [2.05, 4.69) is 52.0 Å². The summed E-state index contributed by atoms with van der Waals surface area (Å²) in [5.41, 5.74) is 6.20. The maximum Gasteiger partial charge on any atom is 0.127 e. The van der Waals surface area contributed by atoms with E-state index in [0.717, 1.165) is 47.9 Å². The van der Waals surface area contributed by atoms with Crippen LogP contribution in [-0.2, 0) is 0 Å². The molecule has 0 aliphatic heterocycles. The summed E-state index contributed by atoms with van der Waals surface area (Å²) in [6, 6.07) is 8.90. The Morgan fingerprint density at radius 1 is 0.614 bits per heavy atom.